The van der Waals surface area contributed by atoms with E-state index in [0.29, 0.717) is 25.9 Å². The smallest absolute Gasteiger partial charge is 0.305 e. The van der Waals surface area contributed by atoms with Gasteiger partial charge in [0.1, 0.15) is 0 Å². The summed E-state index contributed by atoms with van der Waals surface area (Å²) in [6.07, 6.45) is 66.6. The molecule has 0 aromatic carbocycles. The van der Waals surface area contributed by atoms with E-state index in [4.69, 9.17) is 4.74 Å². The average molecular weight is 933 g/mol. The molecule has 0 aromatic heterocycles. The number of amides is 1. The quantitative estimate of drug-likeness (QED) is 0.0321. The van der Waals surface area contributed by atoms with Gasteiger partial charge in [-0.1, -0.05) is 283 Å². The molecule has 2 unspecified atom stereocenters. The second-order valence-corrected chi connectivity index (χ2v) is 20.7. The maximum Gasteiger partial charge on any atom is 0.305 e. The van der Waals surface area contributed by atoms with E-state index in [1.807, 2.05) is 0 Å². The lowest BCUT2D eigenvalue weighted by Gasteiger charge is -2.22. The average Bonchev–Trinajstić information content (AvgIpc) is 3.32. The predicted octanol–water partition coefficient (Wildman–Crippen LogP) is 18.5. The molecule has 392 valence electrons. The van der Waals surface area contributed by atoms with Gasteiger partial charge in [0.05, 0.1) is 25.4 Å². The minimum Gasteiger partial charge on any atom is -0.466 e. The Morgan fingerprint density at radius 1 is 0.409 bits per heavy atom. The van der Waals surface area contributed by atoms with Gasteiger partial charge in [0.2, 0.25) is 5.91 Å². The molecular weight excluding hydrogens is 815 g/mol. The Morgan fingerprint density at radius 2 is 0.712 bits per heavy atom. The lowest BCUT2D eigenvalue weighted by Crippen LogP contribution is -2.45. The number of hydrogen-bond acceptors (Lipinski definition) is 5. The molecule has 1 amide bonds. The maximum absolute atomic E-state index is 12.4. The van der Waals surface area contributed by atoms with Crippen molar-refractivity contribution in [1.29, 1.82) is 0 Å². The topological polar surface area (TPSA) is 95.9 Å². The van der Waals surface area contributed by atoms with Gasteiger partial charge in [-0.2, -0.15) is 0 Å². The molecule has 0 heterocycles. The molecule has 6 nitrogen and oxygen atoms in total. The summed E-state index contributed by atoms with van der Waals surface area (Å²) in [6, 6.07) is -0.540. The van der Waals surface area contributed by atoms with Crippen molar-refractivity contribution in [3.63, 3.8) is 0 Å². The Labute approximate surface area is 412 Å². The summed E-state index contributed by atoms with van der Waals surface area (Å²) in [6.45, 7) is 4.95. The van der Waals surface area contributed by atoms with Crippen molar-refractivity contribution in [3.8, 4) is 0 Å². The van der Waals surface area contributed by atoms with Crippen molar-refractivity contribution in [2.45, 2.75) is 347 Å². The summed E-state index contributed by atoms with van der Waals surface area (Å²) >= 11 is 0. The summed E-state index contributed by atoms with van der Waals surface area (Å²) in [5.74, 6) is -0.0227. The van der Waals surface area contributed by atoms with Crippen LogP contribution in [0.25, 0.3) is 0 Å². The Morgan fingerprint density at radius 3 is 1.08 bits per heavy atom. The number of aliphatic hydroxyl groups excluding tert-OH is 2. The van der Waals surface area contributed by atoms with Crippen molar-refractivity contribution in [2.24, 2.45) is 0 Å². The van der Waals surface area contributed by atoms with E-state index in [2.05, 4.69) is 31.3 Å². The van der Waals surface area contributed by atoms with Crippen molar-refractivity contribution in [2.75, 3.05) is 13.2 Å². The minimum atomic E-state index is -0.663. The van der Waals surface area contributed by atoms with Gasteiger partial charge in [0.25, 0.3) is 0 Å². The highest BCUT2D eigenvalue weighted by Gasteiger charge is 2.20. The van der Waals surface area contributed by atoms with Crippen LogP contribution in [0.3, 0.4) is 0 Å². The van der Waals surface area contributed by atoms with E-state index in [9.17, 15) is 19.8 Å². The minimum absolute atomic E-state index is 0.0167. The van der Waals surface area contributed by atoms with Gasteiger partial charge in [-0.25, -0.2) is 0 Å². The van der Waals surface area contributed by atoms with Crippen LogP contribution >= 0.6 is 0 Å². The van der Waals surface area contributed by atoms with Gasteiger partial charge < -0.3 is 20.3 Å². The third-order valence-corrected chi connectivity index (χ3v) is 14.1. The summed E-state index contributed by atoms with van der Waals surface area (Å²) < 4.78 is 5.49. The largest absolute Gasteiger partial charge is 0.466 e. The molecule has 0 aromatic rings. The number of esters is 1. The number of allylic oxidation sites excluding steroid dienone is 2. The molecule has 0 radical (unpaired) electrons. The predicted molar refractivity (Wildman–Crippen MR) is 287 cm³/mol. The third kappa shape index (κ3) is 52.0. The molecule has 0 saturated carbocycles. The molecule has 0 bridgehead atoms. The fourth-order valence-electron chi connectivity index (χ4n) is 9.46. The fraction of sp³-hybridized carbons (Fsp3) is 0.933. The summed E-state index contributed by atoms with van der Waals surface area (Å²) in [5.41, 5.74) is 0. The summed E-state index contributed by atoms with van der Waals surface area (Å²) in [4.78, 5) is 24.5. The van der Waals surface area contributed by atoms with Crippen molar-refractivity contribution in [1.82, 2.24) is 5.32 Å². The molecular formula is C60H117NO5. The van der Waals surface area contributed by atoms with Crippen LogP contribution in [-0.2, 0) is 14.3 Å². The first kappa shape index (κ1) is 64.6. The van der Waals surface area contributed by atoms with Crippen molar-refractivity contribution < 1.29 is 24.5 Å². The first-order valence-corrected chi connectivity index (χ1v) is 29.9. The van der Waals surface area contributed by atoms with Crippen molar-refractivity contribution in [3.05, 3.63) is 12.2 Å². The molecule has 0 aliphatic rings. The number of hydrogen-bond donors (Lipinski definition) is 3. The molecule has 0 spiro atoms. The highest BCUT2D eigenvalue weighted by atomic mass is 16.5. The second kappa shape index (κ2) is 56.2. The zero-order chi connectivity index (χ0) is 47.9. The van der Waals surface area contributed by atoms with Crippen molar-refractivity contribution >= 4 is 11.9 Å². The lowest BCUT2D eigenvalue weighted by atomic mass is 10.0. The standard InChI is InChI=1S/C60H117NO5/c1-3-5-7-9-11-13-14-15-27-31-34-38-42-46-50-54-60(65)66-55-51-47-43-39-35-32-29-26-24-22-20-18-16-17-19-21-23-25-28-30-33-37-41-45-49-53-59(64)61-57(56-62)58(63)52-48-44-40-36-12-10-8-6-4-2/h17,19,57-58,62-63H,3-16,18,20-56H2,1-2H3,(H,61,64)/b19-17-. The highest BCUT2D eigenvalue weighted by molar-refractivity contribution is 5.76. The second-order valence-electron chi connectivity index (χ2n) is 20.7. The van der Waals surface area contributed by atoms with Crippen LogP contribution < -0.4 is 5.32 Å². The number of aliphatic hydroxyl groups is 2. The van der Waals surface area contributed by atoms with Crippen LogP contribution in [0.5, 0.6) is 0 Å². The van der Waals surface area contributed by atoms with Crippen LogP contribution in [-0.4, -0.2) is 47.4 Å². The van der Waals surface area contributed by atoms with Crippen LogP contribution in [0.2, 0.25) is 0 Å². The fourth-order valence-corrected chi connectivity index (χ4v) is 9.46. The number of nitrogens with one attached hydrogen (secondary N) is 1. The van der Waals surface area contributed by atoms with E-state index in [1.54, 1.807) is 0 Å². The first-order valence-electron chi connectivity index (χ1n) is 29.9. The number of carbonyl (C=O) groups is 2. The van der Waals surface area contributed by atoms with Gasteiger partial charge in [0, 0.05) is 12.8 Å². The van der Waals surface area contributed by atoms with E-state index < -0.39 is 12.1 Å². The Hall–Kier alpha value is -1.40. The molecule has 66 heavy (non-hydrogen) atoms. The lowest BCUT2D eigenvalue weighted by molar-refractivity contribution is -0.143. The van der Waals surface area contributed by atoms with Crippen LogP contribution in [0.4, 0.5) is 0 Å². The maximum atomic E-state index is 12.4. The van der Waals surface area contributed by atoms with E-state index in [0.717, 1.165) is 38.5 Å². The summed E-state index contributed by atoms with van der Waals surface area (Å²) in [5, 5.41) is 23.1. The third-order valence-electron chi connectivity index (χ3n) is 14.1. The van der Waals surface area contributed by atoms with Gasteiger partial charge in [0.15, 0.2) is 0 Å². The number of carbonyl (C=O) groups excluding carboxylic acids is 2. The van der Waals surface area contributed by atoms with Gasteiger partial charge >= 0.3 is 5.97 Å². The molecule has 2 atom stereocenters. The molecule has 3 N–H and O–H groups in total. The zero-order valence-corrected chi connectivity index (χ0v) is 44.7. The Bertz CT molecular complexity index is 986. The van der Waals surface area contributed by atoms with Crippen LogP contribution in [0, 0.1) is 0 Å². The van der Waals surface area contributed by atoms with Gasteiger partial charge in [-0.15, -0.1) is 0 Å². The normalized spacial score (nSPS) is 12.6. The monoisotopic (exact) mass is 932 g/mol. The number of rotatable bonds is 56. The van der Waals surface area contributed by atoms with Gasteiger partial charge in [-0.05, 0) is 51.4 Å². The first-order chi connectivity index (χ1) is 32.5. The molecule has 0 aliphatic heterocycles. The molecule has 0 rings (SSSR count). The van der Waals surface area contributed by atoms with E-state index >= 15 is 0 Å². The highest BCUT2D eigenvalue weighted by Crippen LogP contribution is 2.17. The Balaban J connectivity index is 3.35. The Kier molecular flexibility index (Phi) is 55.0. The molecule has 6 heteroatoms. The molecule has 0 saturated heterocycles. The van der Waals surface area contributed by atoms with Gasteiger partial charge in [-0.3, -0.25) is 9.59 Å². The van der Waals surface area contributed by atoms with E-state index in [-0.39, 0.29) is 18.5 Å². The number of ether oxygens (including phenoxy) is 1. The number of unbranched alkanes of at least 4 members (excludes halogenated alkanes) is 43. The van der Waals surface area contributed by atoms with E-state index in [1.165, 1.54) is 263 Å². The zero-order valence-electron chi connectivity index (χ0n) is 44.7. The molecule has 0 aliphatic carbocycles. The molecule has 0 fully saturated rings. The summed E-state index contributed by atoms with van der Waals surface area (Å²) in [7, 11) is 0. The van der Waals surface area contributed by atoms with Crippen LogP contribution in [0.15, 0.2) is 12.2 Å². The van der Waals surface area contributed by atoms with Crippen LogP contribution in [0.1, 0.15) is 335 Å². The SMILES string of the molecule is CCCCCCCCCCCCCCCCCC(=O)OCCCCCCCCCCCCCC/C=C\CCCCCCCCCCCC(=O)NC(CO)C(O)CCCCCCCCCCC.